The Hall–Kier alpha value is -1.82. The second-order valence-electron chi connectivity index (χ2n) is 3.98. The van der Waals surface area contributed by atoms with Crippen LogP contribution in [0.15, 0.2) is 36.4 Å². The number of carbonyl (C=O) groups is 1. The molecule has 0 radical (unpaired) electrons. The molecule has 0 unspecified atom stereocenters. The minimum atomic E-state index is -0.642. The quantitative estimate of drug-likeness (QED) is 0.493. The van der Waals surface area contributed by atoms with Crippen LogP contribution in [0.4, 0.5) is 11.4 Å². The summed E-state index contributed by atoms with van der Waals surface area (Å²) in [6, 6.07) is 8.42. The molecule has 0 aliphatic heterocycles. The predicted molar refractivity (Wildman–Crippen MR) is 82.5 cm³/mol. The van der Waals surface area contributed by atoms with E-state index in [-0.39, 0.29) is 32.0 Å². The van der Waals surface area contributed by atoms with Crippen molar-refractivity contribution in [2.24, 2.45) is 0 Å². The minimum Gasteiger partial charge on any atom is -0.322 e. The van der Waals surface area contributed by atoms with E-state index >= 15 is 0 Å². The Kier molecular flexibility index (Phi) is 4.67. The molecule has 8 heteroatoms. The summed E-state index contributed by atoms with van der Waals surface area (Å²) in [5.74, 6) is -0.642. The molecule has 0 aliphatic carbocycles. The van der Waals surface area contributed by atoms with Crippen LogP contribution in [-0.2, 0) is 0 Å². The van der Waals surface area contributed by atoms with E-state index < -0.39 is 10.8 Å². The van der Waals surface area contributed by atoms with Gasteiger partial charge in [0.2, 0.25) is 0 Å². The first-order valence-corrected chi connectivity index (χ1v) is 6.73. The summed E-state index contributed by atoms with van der Waals surface area (Å²) < 4.78 is 0. The van der Waals surface area contributed by atoms with E-state index in [1.165, 1.54) is 36.4 Å². The molecule has 0 aromatic heterocycles. The lowest BCUT2D eigenvalue weighted by Crippen LogP contribution is -2.13. The number of hydrogen-bond acceptors (Lipinski definition) is 3. The van der Waals surface area contributed by atoms with Gasteiger partial charge in [0.25, 0.3) is 11.6 Å². The number of benzene rings is 2. The number of rotatable bonds is 3. The SMILES string of the molecule is O=C(Nc1cc(Cl)c(Cl)c(Cl)c1)c1ccccc1[N+](=O)[O-]. The number of nitro groups is 1. The zero-order valence-corrected chi connectivity index (χ0v) is 12.5. The number of anilines is 1. The van der Waals surface area contributed by atoms with Gasteiger partial charge >= 0.3 is 0 Å². The molecule has 0 bridgehead atoms. The van der Waals surface area contributed by atoms with Crippen LogP contribution >= 0.6 is 34.8 Å². The Morgan fingerprint density at radius 3 is 2.24 bits per heavy atom. The molecule has 0 spiro atoms. The molecule has 0 atom stereocenters. The average Bonchev–Trinajstić information content (AvgIpc) is 2.44. The molecular weight excluding hydrogens is 339 g/mol. The molecule has 0 fully saturated rings. The summed E-state index contributed by atoms with van der Waals surface area (Å²) in [6.45, 7) is 0. The van der Waals surface area contributed by atoms with E-state index in [1.54, 1.807) is 0 Å². The van der Waals surface area contributed by atoms with Crippen molar-refractivity contribution < 1.29 is 9.72 Å². The second kappa shape index (κ2) is 6.30. The summed E-state index contributed by atoms with van der Waals surface area (Å²) in [5.41, 5.74) is -0.0663. The number of para-hydroxylation sites is 1. The van der Waals surface area contributed by atoms with Crippen molar-refractivity contribution in [1.82, 2.24) is 0 Å². The van der Waals surface area contributed by atoms with Crippen LogP contribution in [0.1, 0.15) is 10.4 Å². The summed E-state index contributed by atoms with van der Waals surface area (Å²) in [5, 5.41) is 13.9. The van der Waals surface area contributed by atoms with Crippen molar-refractivity contribution in [2.45, 2.75) is 0 Å². The van der Waals surface area contributed by atoms with Crippen LogP contribution in [0.2, 0.25) is 15.1 Å². The van der Waals surface area contributed by atoms with Crippen LogP contribution < -0.4 is 5.32 Å². The maximum Gasteiger partial charge on any atom is 0.282 e. The lowest BCUT2D eigenvalue weighted by molar-refractivity contribution is -0.385. The van der Waals surface area contributed by atoms with Gasteiger partial charge in [0.1, 0.15) is 5.56 Å². The van der Waals surface area contributed by atoms with Gasteiger partial charge in [0.15, 0.2) is 0 Å². The van der Waals surface area contributed by atoms with E-state index in [4.69, 9.17) is 34.8 Å². The topological polar surface area (TPSA) is 72.2 Å². The molecule has 108 valence electrons. The number of carbonyl (C=O) groups excluding carboxylic acids is 1. The zero-order chi connectivity index (χ0) is 15.6. The van der Waals surface area contributed by atoms with Crippen molar-refractivity contribution in [2.75, 3.05) is 5.32 Å². The van der Waals surface area contributed by atoms with E-state index in [9.17, 15) is 14.9 Å². The largest absolute Gasteiger partial charge is 0.322 e. The smallest absolute Gasteiger partial charge is 0.282 e. The first-order valence-electron chi connectivity index (χ1n) is 5.59. The van der Waals surface area contributed by atoms with Crippen molar-refractivity contribution in [1.29, 1.82) is 0 Å². The Bertz CT molecular complexity index is 711. The second-order valence-corrected chi connectivity index (χ2v) is 5.17. The highest BCUT2D eigenvalue weighted by molar-refractivity contribution is 6.48. The molecule has 0 aliphatic rings. The Morgan fingerprint density at radius 1 is 1.10 bits per heavy atom. The number of nitrogens with one attached hydrogen (secondary N) is 1. The van der Waals surface area contributed by atoms with Gasteiger partial charge in [-0.25, -0.2) is 0 Å². The molecule has 1 N–H and O–H groups in total. The lowest BCUT2D eigenvalue weighted by Gasteiger charge is -2.08. The van der Waals surface area contributed by atoms with Crippen LogP contribution in [-0.4, -0.2) is 10.8 Å². The fraction of sp³-hybridized carbons (Fsp3) is 0. The number of nitro benzene ring substituents is 1. The highest BCUT2D eigenvalue weighted by Crippen LogP contribution is 2.33. The Balaban J connectivity index is 2.33. The van der Waals surface area contributed by atoms with Crippen molar-refractivity contribution >= 4 is 52.1 Å². The molecule has 0 saturated carbocycles. The van der Waals surface area contributed by atoms with Crippen LogP contribution in [0.3, 0.4) is 0 Å². The van der Waals surface area contributed by atoms with Gasteiger partial charge in [-0.15, -0.1) is 0 Å². The number of halogens is 3. The van der Waals surface area contributed by atoms with Gasteiger partial charge in [-0.3, -0.25) is 14.9 Å². The monoisotopic (exact) mass is 344 g/mol. The highest BCUT2D eigenvalue weighted by Gasteiger charge is 2.19. The zero-order valence-electron chi connectivity index (χ0n) is 10.3. The molecule has 2 aromatic carbocycles. The molecule has 21 heavy (non-hydrogen) atoms. The average molecular weight is 346 g/mol. The lowest BCUT2D eigenvalue weighted by atomic mass is 10.1. The van der Waals surface area contributed by atoms with Crippen molar-refractivity contribution in [3.05, 3.63) is 67.1 Å². The molecule has 0 saturated heterocycles. The van der Waals surface area contributed by atoms with Gasteiger partial charge in [-0.2, -0.15) is 0 Å². The van der Waals surface area contributed by atoms with E-state index in [1.807, 2.05) is 0 Å². The molecule has 2 rings (SSSR count). The summed E-state index contributed by atoms with van der Waals surface area (Å²) in [7, 11) is 0. The van der Waals surface area contributed by atoms with E-state index in [0.29, 0.717) is 0 Å². The Labute approximate surface area is 134 Å². The van der Waals surface area contributed by atoms with E-state index in [2.05, 4.69) is 5.32 Å². The summed E-state index contributed by atoms with van der Waals surface area (Å²) in [6.07, 6.45) is 0. The molecular formula is C13H7Cl3N2O3. The van der Waals surface area contributed by atoms with Crippen LogP contribution in [0.25, 0.3) is 0 Å². The standard InChI is InChI=1S/C13H7Cl3N2O3/c14-9-5-7(6-10(15)12(9)16)17-13(19)8-3-1-2-4-11(8)18(20)21/h1-6H,(H,17,19). The number of hydrogen-bond donors (Lipinski definition) is 1. The third-order valence-electron chi connectivity index (χ3n) is 2.59. The van der Waals surface area contributed by atoms with Crippen molar-refractivity contribution in [3.63, 3.8) is 0 Å². The molecule has 1 amide bonds. The molecule has 5 nitrogen and oxygen atoms in total. The van der Waals surface area contributed by atoms with Gasteiger partial charge in [0, 0.05) is 11.8 Å². The van der Waals surface area contributed by atoms with Gasteiger partial charge in [0.05, 0.1) is 20.0 Å². The maximum atomic E-state index is 12.1. The van der Waals surface area contributed by atoms with E-state index in [0.717, 1.165) is 0 Å². The van der Waals surface area contributed by atoms with Crippen molar-refractivity contribution in [3.8, 4) is 0 Å². The first-order chi connectivity index (χ1) is 9.90. The minimum absolute atomic E-state index is 0.0651. The fourth-order valence-corrected chi connectivity index (χ4v) is 2.25. The molecule has 0 heterocycles. The van der Waals surface area contributed by atoms with Crippen LogP contribution in [0.5, 0.6) is 0 Å². The Morgan fingerprint density at radius 2 is 1.67 bits per heavy atom. The van der Waals surface area contributed by atoms with Gasteiger partial charge < -0.3 is 5.32 Å². The molecule has 2 aromatic rings. The van der Waals surface area contributed by atoms with Gasteiger partial charge in [-0.1, -0.05) is 46.9 Å². The number of amides is 1. The maximum absolute atomic E-state index is 12.1. The number of nitrogens with zero attached hydrogens (tertiary/aromatic N) is 1. The normalized spacial score (nSPS) is 10.2. The highest BCUT2D eigenvalue weighted by atomic mass is 35.5. The first kappa shape index (κ1) is 15.6. The van der Waals surface area contributed by atoms with Crippen LogP contribution in [0, 0.1) is 10.1 Å². The third-order valence-corrected chi connectivity index (χ3v) is 3.78. The predicted octanol–water partition coefficient (Wildman–Crippen LogP) is 4.81. The third kappa shape index (κ3) is 3.44. The fourth-order valence-electron chi connectivity index (χ4n) is 1.65. The summed E-state index contributed by atoms with van der Waals surface area (Å²) >= 11 is 17.5. The van der Waals surface area contributed by atoms with Gasteiger partial charge in [-0.05, 0) is 18.2 Å². The summed E-state index contributed by atoms with van der Waals surface area (Å²) in [4.78, 5) is 22.4.